The highest BCUT2D eigenvalue weighted by Crippen LogP contribution is 2.62. The van der Waals surface area contributed by atoms with E-state index in [-0.39, 0.29) is 23.7 Å². The molecule has 4 aliphatic rings. The molecule has 0 radical (unpaired) electrons. The molecule has 4 aliphatic carbocycles. The summed E-state index contributed by atoms with van der Waals surface area (Å²) >= 11 is 0. The fourth-order valence-electron chi connectivity index (χ4n) is 5.48. The van der Waals surface area contributed by atoms with Gasteiger partial charge < -0.3 is 9.84 Å². The van der Waals surface area contributed by atoms with Crippen molar-refractivity contribution in [2.75, 3.05) is 0 Å². The predicted molar refractivity (Wildman–Crippen MR) is 83.0 cm³/mol. The van der Waals surface area contributed by atoms with Crippen molar-refractivity contribution < 1.29 is 19.0 Å². The SMILES string of the molecule is N#Cc1ccc(COC(=O)C23CC4CC(CC(O)(C4)C2)C3)c(F)c1. The first kappa shape index (κ1) is 15.6. The molecule has 0 aromatic heterocycles. The van der Waals surface area contributed by atoms with Gasteiger partial charge in [0.15, 0.2) is 0 Å². The Kier molecular flexibility index (Phi) is 3.43. The van der Waals surface area contributed by atoms with Crippen LogP contribution in [-0.4, -0.2) is 16.7 Å². The summed E-state index contributed by atoms with van der Waals surface area (Å²) in [5, 5.41) is 19.5. The number of benzene rings is 1. The maximum atomic E-state index is 13.9. The first-order chi connectivity index (χ1) is 11.4. The normalized spacial score (nSPS) is 36.4. The third-order valence-electron chi connectivity index (χ3n) is 6.00. The molecule has 0 saturated heterocycles. The Balaban J connectivity index is 1.48. The molecule has 4 fully saturated rings. The Morgan fingerprint density at radius 1 is 1.33 bits per heavy atom. The van der Waals surface area contributed by atoms with Gasteiger partial charge in [0, 0.05) is 5.56 Å². The molecule has 5 heteroatoms. The Hall–Kier alpha value is -1.93. The van der Waals surface area contributed by atoms with Crippen LogP contribution >= 0.6 is 0 Å². The molecular weight excluding hydrogens is 309 g/mol. The van der Waals surface area contributed by atoms with Crippen molar-refractivity contribution in [2.24, 2.45) is 17.3 Å². The zero-order valence-electron chi connectivity index (χ0n) is 13.4. The van der Waals surface area contributed by atoms with Gasteiger partial charge in [0.05, 0.1) is 22.6 Å². The van der Waals surface area contributed by atoms with Gasteiger partial charge in [0.2, 0.25) is 0 Å². The highest BCUT2D eigenvalue weighted by Gasteiger charge is 2.60. The number of nitriles is 1. The summed E-state index contributed by atoms with van der Waals surface area (Å²) in [5.74, 6) is -0.0457. The average Bonchev–Trinajstić information content (AvgIpc) is 2.51. The van der Waals surface area contributed by atoms with E-state index >= 15 is 0 Å². The second-order valence-corrected chi connectivity index (χ2v) is 7.96. The van der Waals surface area contributed by atoms with E-state index in [1.165, 1.54) is 12.1 Å². The lowest BCUT2D eigenvalue weighted by Gasteiger charge is -2.58. The second kappa shape index (κ2) is 5.29. The van der Waals surface area contributed by atoms with Crippen LogP contribution in [0, 0.1) is 34.4 Å². The summed E-state index contributed by atoms with van der Waals surface area (Å²) in [6, 6.07) is 6.02. The number of halogens is 1. The first-order valence-corrected chi connectivity index (χ1v) is 8.50. The molecular formula is C19H20FNO3. The molecule has 2 unspecified atom stereocenters. The quantitative estimate of drug-likeness (QED) is 0.865. The van der Waals surface area contributed by atoms with Crippen molar-refractivity contribution in [3.63, 3.8) is 0 Å². The maximum Gasteiger partial charge on any atom is 0.312 e. The van der Waals surface area contributed by atoms with Gasteiger partial charge in [-0.2, -0.15) is 5.26 Å². The second-order valence-electron chi connectivity index (χ2n) is 7.96. The average molecular weight is 329 g/mol. The highest BCUT2D eigenvalue weighted by atomic mass is 19.1. The number of esters is 1. The molecule has 4 nitrogen and oxygen atoms in total. The van der Waals surface area contributed by atoms with Crippen LogP contribution in [0.5, 0.6) is 0 Å². The number of carbonyl (C=O) groups is 1. The van der Waals surface area contributed by atoms with Gasteiger partial charge in [-0.3, -0.25) is 4.79 Å². The fourth-order valence-corrected chi connectivity index (χ4v) is 5.48. The largest absolute Gasteiger partial charge is 0.460 e. The van der Waals surface area contributed by atoms with Gasteiger partial charge >= 0.3 is 5.97 Å². The highest BCUT2D eigenvalue weighted by molar-refractivity contribution is 5.77. The minimum Gasteiger partial charge on any atom is -0.460 e. The molecule has 0 amide bonds. The lowest BCUT2D eigenvalue weighted by Crippen LogP contribution is -2.58. The van der Waals surface area contributed by atoms with Crippen LogP contribution in [0.3, 0.4) is 0 Å². The third-order valence-corrected chi connectivity index (χ3v) is 6.00. The van der Waals surface area contributed by atoms with E-state index in [1.54, 1.807) is 0 Å². The van der Waals surface area contributed by atoms with Crippen LogP contribution in [0.25, 0.3) is 0 Å². The monoisotopic (exact) mass is 329 g/mol. The number of rotatable bonds is 3. The van der Waals surface area contributed by atoms with E-state index in [2.05, 4.69) is 0 Å². The molecule has 4 saturated carbocycles. The number of nitrogens with zero attached hydrogens (tertiary/aromatic N) is 1. The van der Waals surface area contributed by atoms with Gasteiger partial charge in [0.1, 0.15) is 12.4 Å². The number of hydrogen-bond donors (Lipinski definition) is 1. The molecule has 1 aromatic rings. The number of hydrogen-bond acceptors (Lipinski definition) is 4. The van der Waals surface area contributed by atoms with Crippen molar-refractivity contribution in [3.8, 4) is 6.07 Å². The van der Waals surface area contributed by atoms with Gasteiger partial charge in [-0.25, -0.2) is 4.39 Å². The molecule has 24 heavy (non-hydrogen) atoms. The van der Waals surface area contributed by atoms with E-state index in [0.29, 0.717) is 18.3 Å². The lowest BCUT2D eigenvalue weighted by atomic mass is 9.48. The van der Waals surface area contributed by atoms with Crippen LogP contribution in [0.4, 0.5) is 4.39 Å². The van der Waals surface area contributed by atoms with E-state index in [1.807, 2.05) is 6.07 Å². The van der Waals surface area contributed by atoms with Gasteiger partial charge in [-0.1, -0.05) is 6.07 Å². The topological polar surface area (TPSA) is 70.3 Å². The van der Waals surface area contributed by atoms with Crippen molar-refractivity contribution in [2.45, 2.75) is 50.7 Å². The van der Waals surface area contributed by atoms with Crippen LogP contribution < -0.4 is 0 Å². The van der Waals surface area contributed by atoms with Gasteiger partial charge in [-0.05, 0) is 62.5 Å². The van der Waals surface area contributed by atoms with Crippen LogP contribution in [-0.2, 0) is 16.1 Å². The van der Waals surface area contributed by atoms with Crippen molar-refractivity contribution in [1.29, 1.82) is 5.26 Å². The van der Waals surface area contributed by atoms with Crippen LogP contribution in [0.15, 0.2) is 18.2 Å². The van der Waals surface area contributed by atoms with Crippen LogP contribution in [0.1, 0.15) is 49.7 Å². The van der Waals surface area contributed by atoms with E-state index in [9.17, 15) is 14.3 Å². The number of ether oxygens (including phenoxy) is 1. The van der Waals surface area contributed by atoms with Gasteiger partial charge in [-0.15, -0.1) is 0 Å². The molecule has 4 bridgehead atoms. The number of aliphatic hydroxyl groups is 1. The van der Waals surface area contributed by atoms with E-state index in [0.717, 1.165) is 38.2 Å². The summed E-state index contributed by atoms with van der Waals surface area (Å²) in [6.07, 6.45) is 4.72. The van der Waals surface area contributed by atoms with Gasteiger partial charge in [0.25, 0.3) is 0 Å². The van der Waals surface area contributed by atoms with Crippen LogP contribution in [0.2, 0.25) is 0 Å². The van der Waals surface area contributed by atoms with Crippen molar-refractivity contribution in [1.82, 2.24) is 0 Å². The molecule has 2 atom stereocenters. The summed E-state index contributed by atoms with van der Waals surface area (Å²) in [4.78, 5) is 12.7. The molecule has 1 aromatic carbocycles. The zero-order valence-corrected chi connectivity index (χ0v) is 13.4. The Morgan fingerprint density at radius 3 is 2.62 bits per heavy atom. The summed E-state index contributed by atoms with van der Waals surface area (Å²) in [6.45, 7) is -0.133. The van der Waals surface area contributed by atoms with E-state index < -0.39 is 16.8 Å². The molecule has 5 rings (SSSR count). The molecule has 0 heterocycles. The Labute approximate surface area is 140 Å². The fraction of sp³-hybridized carbons (Fsp3) is 0.579. The van der Waals surface area contributed by atoms with Crippen molar-refractivity contribution >= 4 is 5.97 Å². The summed E-state index contributed by atoms with van der Waals surface area (Å²) in [7, 11) is 0. The summed E-state index contributed by atoms with van der Waals surface area (Å²) < 4.78 is 19.4. The minimum absolute atomic E-state index is 0.133. The Bertz CT molecular complexity index is 725. The predicted octanol–water partition coefficient (Wildman–Crippen LogP) is 3.07. The summed E-state index contributed by atoms with van der Waals surface area (Å²) in [5.41, 5.74) is -0.804. The molecule has 1 N–H and O–H groups in total. The zero-order chi connectivity index (χ0) is 16.9. The van der Waals surface area contributed by atoms with Crippen molar-refractivity contribution in [3.05, 3.63) is 35.1 Å². The molecule has 126 valence electrons. The Morgan fingerprint density at radius 2 is 2.04 bits per heavy atom. The minimum atomic E-state index is -0.719. The third kappa shape index (κ3) is 2.50. The molecule has 0 spiro atoms. The maximum absolute atomic E-state index is 13.9. The number of carbonyl (C=O) groups excluding carboxylic acids is 1. The van der Waals surface area contributed by atoms with E-state index in [4.69, 9.17) is 10.00 Å². The lowest BCUT2D eigenvalue weighted by molar-refractivity contribution is -0.197. The standard InChI is InChI=1S/C19H20FNO3/c20-16-4-12(9-21)1-2-15(16)10-24-17(22)18-5-13-3-14(6-18)8-19(23,7-13)11-18/h1-2,4,13-14,23H,3,5-8,10-11H2. The first-order valence-electron chi connectivity index (χ1n) is 8.50. The molecule has 0 aliphatic heterocycles. The smallest absolute Gasteiger partial charge is 0.312 e.